The molecular weight excluding hydrogens is 311 g/mol. The normalized spacial score (nSPS) is 10.3. The summed E-state index contributed by atoms with van der Waals surface area (Å²) in [6.07, 6.45) is 1.53. The third kappa shape index (κ3) is 2.81. The first kappa shape index (κ1) is 13.7. The van der Waals surface area contributed by atoms with Gasteiger partial charge >= 0.3 is 0 Å². The van der Waals surface area contributed by atoms with Crippen molar-refractivity contribution in [1.82, 2.24) is 4.98 Å². The fraction of sp³-hybridized carbons (Fsp3) is 0.143. The SMILES string of the molecule is CCN(C(=O)c1ncccc1Br)c1ccccc1F. The average molecular weight is 323 g/mol. The standard InChI is InChI=1S/C14H12BrFN2O/c1-2-18(12-8-4-3-7-11(12)16)14(19)13-10(15)6-5-9-17-13/h3-9H,2H2,1H3. The minimum absolute atomic E-state index is 0.257. The zero-order valence-corrected chi connectivity index (χ0v) is 11.9. The number of carbonyl (C=O) groups is 1. The summed E-state index contributed by atoms with van der Waals surface area (Å²) in [6.45, 7) is 2.16. The first-order valence-electron chi connectivity index (χ1n) is 5.82. The van der Waals surface area contributed by atoms with Crippen molar-refractivity contribution in [3.05, 3.63) is 58.6 Å². The fourth-order valence-corrected chi connectivity index (χ4v) is 2.19. The molecule has 5 heteroatoms. The smallest absolute Gasteiger partial charge is 0.278 e. The second-order valence-electron chi connectivity index (χ2n) is 3.83. The Balaban J connectivity index is 2.41. The van der Waals surface area contributed by atoms with Crippen LogP contribution in [0.4, 0.5) is 10.1 Å². The summed E-state index contributed by atoms with van der Waals surface area (Å²) in [7, 11) is 0. The van der Waals surface area contributed by atoms with E-state index in [0.717, 1.165) is 0 Å². The van der Waals surface area contributed by atoms with Crippen LogP contribution in [-0.2, 0) is 0 Å². The Morgan fingerprint density at radius 3 is 2.68 bits per heavy atom. The largest absolute Gasteiger partial charge is 0.304 e. The van der Waals surface area contributed by atoms with E-state index in [0.29, 0.717) is 11.0 Å². The van der Waals surface area contributed by atoms with E-state index < -0.39 is 5.82 Å². The van der Waals surface area contributed by atoms with Gasteiger partial charge in [-0.15, -0.1) is 0 Å². The highest BCUT2D eigenvalue weighted by molar-refractivity contribution is 9.10. The van der Waals surface area contributed by atoms with Gasteiger partial charge in [-0.05, 0) is 47.1 Å². The molecule has 19 heavy (non-hydrogen) atoms. The van der Waals surface area contributed by atoms with Crippen LogP contribution in [0.5, 0.6) is 0 Å². The van der Waals surface area contributed by atoms with E-state index in [1.807, 2.05) is 0 Å². The summed E-state index contributed by atoms with van der Waals surface area (Å²) in [6, 6.07) is 9.65. The summed E-state index contributed by atoms with van der Waals surface area (Å²) in [5.74, 6) is -0.759. The molecule has 0 aliphatic heterocycles. The summed E-state index contributed by atoms with van der Waals surface area (Å²) in [5, 5.41) is 0. The predicted octanol–water partition coefficient (Wildman–Crippen LogP) is 3.65. The van der Waals surface area contributed by atoms with Crippen molar-refractivity contribution in [1.29, 1.82) is 0 Å². The molecule has 0 saturated carbocycles. The van der Waals surface area contributed by atoms with E-state index in [1.165, 1.54) is 17.2 Å². The molecule has 0 fully saturated rings. The molecule has 0 atom stereocenters. The van der Waals surface area contributed by atoms with E-state index in [2.05, 4.69) is 20.9 Å². The summed E-state index contributed by atoms with van der Waals surface area (Å²) < 4.78 is 14.4. The number of aromatic nitrogens is 1. The van der Waals surface area contributed by atoms with Crippen molar-refractivity contribution in [2.75, 3.05) is 11.4 Å². The Hall–Kier alpha value is -1.75. The first-order chi connectivity index (χ1) is 9.15. The molecule has 3 nitrogen and oxygen atoms in total. The lowest BCUT2D eigenvalue weighted by Crippen LogP contribution is -2.32. The molecule has 2 rings (SSSR count). The molecule has 2 aromatic rings. The number of halogens is 2. The van der Waals surface area contributed by atoms with Gasteiger partial charge in [0.1, 0.15) is 11.5 Å². The molecule has 1 heterocycles. The zero-order chi connectivity index (χ0) is 13.8. The summed E-state index contributed by atoms with van der Waals surface area (Å²) in [5.41, 5.74) is 0.528. The lowest BCUT2D eigenvalue weighted by atomic mass is 10.2. The number of rotatable bonds is 3. The van der Waals surface area contributed by atoms with E-state index in [9.17, 15) is 9.18 Å². The highest BCUT2D eigenvalue weighted by atomic mass is 79.9. The number of anilines is 1. The number of amides is 1. The van der Waals surface area contributed by atoms with Gasteiger partial charge in [0.25, 0.3) is 5.91 Å². The topological polar surface area (TPSA) is 33.2 Å². The van der Waals surface area contributed by atoms with Crippen LogP contribution in [0.1, 0.15) is 17.4 Å². The Morgan fingerprint density at radius 2 is 2.05 bits per heavy atom. The van der Waals surface area contributed by atoms with Gasteiger partial charge in [0, 0.05) is 17.2 Å². The van der Waals surface area contributed by atoms with Crippen molar-refractivity contribution in [3.8, 4) is 0 Å². The van der Waals surface area contributed by atoms with Gasteiger partial charge in [-0.2, -0.15) is 0 Å². The van der Waals surface area contributed by atoms with Crippen molar-refractivity contribution < 1.29 is 9.18 Å². The van der Waals surface area contributed by atoms with Crippen molar-refractivity contribution in [2.45, 2.75) is 6.92 Å². The second kappa shape index (κ2) is 5.93. The maximum absolute atomic E-state index is 13.8. The van der Waals surface area contributed by atoms with Gasteiger partial charge in [0.05, 0.1) is 5.69 Å². The van der Waals surface area contributed by atoms with Gasteiger partial charge in [0.2, 0.25) is 0 Å². The summed E-state index contributed by atoms with van der Waals surface area (Å²) in [4.78, 5) is 17.8. The summed E-state index contributed by atoms with van der Waals surface area (Å²) >= 11 is 3.28. The molecule has 0 bridgehead atoms. The molecule has 0 spiro atoms. The van der Waals surface area contributed by atoms with E-state index >= 15 is 0 Å². The monoisotopic (exact) mass is 322 g/mol. The third-order valence-electron chi connectivity index (χ3n) is 2.67. The molecule has 1 aromatic heterocycles. The maximum atomic E-state index is 13.8. The Labute approximate surface area is 119 Å². The van der Waals surface area contributed by atoms with Gasteiger partial charge in [-0.3, -0.25) is 4.79 Å². The molecule has 0 aliphatic rings. The van der Waals surface area contributed by atoms with Crippen LogP contribution in [0.25, 0.3) is 0 Å². The van der Waals surface area contributed by atoms with Crippen LogP contribution >= 0.6 is 15.9 Å². The van der Waals surface area contributed by atoms with E-state index in [4.69, 9.17) is 0 Å². The van der Waals surface area contributed by atoms with Gasteiger partial charge < -0.3 is 4.90 Å². The van der Waals surface area contributed by atoms with Crippen molar-refractivity contribution in [3.63, 3.8) is 0 Å². The van der Waals surface area contributed by atoms with Crippen LogP contribution < -0.4 is 4.90 Å². The number of hydrogen-bond acceptors (Lipinski definition) is 2. The van der Waals surface area contributed by atoms with Crippen molar-refractivity contribution >= 4 is 27.5 Å². The molecular formula is C14H12BrFN2O. The number of benzene rings is 1. The fourth-order valence-electron chi connectivity index (χ4n) is 1.76. The molecule has 0 saturated heterocycles. The lowest BCUT2D eigenvalue weighted by Gasteiger charge is -2.21. The van der Waals surface area contributed by atoms with Gasteiger partial charge in [-0.25, -0.2) is 9.37 Å². The lowest BCUT2D eigenvalue weighted by molar-refractivity contribution is 0.0982. The van der Waals surface area contributed by atoms with Gasteiger partial charge in [-0.1, -0.05) is 12.1 Å². The molecule has 98 valence electrons. The molecule has 1 amide bonds. The molecule has 1 aromatic carbocycles. The van der Waals surface area contributed by atoms with Crippen LogP contribution in [0, 0.1) is 5.82 Å². The number of pyridine rings is 1. The highest BCUT2D eigenvalue weighted by Crippen LogP contribution is 2.22. The molecule has 0 radical (unpaired) electrons. The molecule has 0 aliphatic carbocycles. The van der Waals surface area contributed by atoms with Crippen LogP contribution in [-0.4, -0.2) is 17.4 Å². The minimum atomic E-state index is -0.426. The third-order valence-corrected chi connectivity index (χ3v) is 3.31. The van der Waals surface area contributed by atoms with Crippen molar-refractivity contribution in [2.24, 2.45) is 0 Å². The second-order valence-corrected chi connectivity index (χ2v) is 4.69. The van der Waals surface area contributed by atoms with Crippen LogP contribution in [0.3, 0.4) is 0 Å². The van der Waals surface area contributed by atoms with E-state index in [1.54, 1.807) is 37.3 Å². The average Bonchev–Trinajstić information content (AvgIpc) is 2.42. The van der Waals surface area contributed by atoms with Crippen LogP contribution in [0.2, 0.25) is 0 Å². The number of carbonyl (C=O) groups excluding carboxylic acids is 1. The minimum Gasteiger partial charge on any atom is -0.304 e. The van der Waals surface area contributed by atoms with Gasteiger partial charge in [0.15, 0.2) is 0 Å². The molecule has 0 unspecified atom stereocenters. The number of para-hydroxylation sites is 1. The Morgan fingerprint density at radius 1 is 1.32 bits per heavy atom. The van der Waals surface area contributed by atoms with Crippen LogP contribution in [0.15, 0.2) is 47.1 Å². The first-order valence-corrected chi connectivity index (χ1v) is 6.61. The Kier molecular flexibility index (Phi) is 4.27. The highest BCUT2D eigenvalue weighted by Gasteiger charge is 2.21. The molecule has 0 N–H and O–H groups in total. The Bertz CT molecular complexity index is 604. The number of nitrogens with zero attached hydrogens (tertiary/aromatic N) is 2. The van der Waals surface area contributed by atoms with E-state index in [-0.39, 0.29) is 17.3 Å². The maximum Gasteiger partial charge on any atom is 0.278 e. The predicted molar refractivity (Wildman–Crippen MR) is 75.7 cm³/mol. The zero-order valence-electron chi connectivity index (χ0n) is 10.3. The number of hydrogen-bond donors (Lipinski definition) is 0. The quantitative estimate of drug-likeness (QED) is 0.864.